The minimum Gasteiger partial charge on any atom is -0.351 e. The summed E-state index contributed by atoms with van der Waals surface area (Å²) in [7, 11) is 0. The van der Waals surface area contributed by atoms with E-state index in [9.17, 15) is 9.59 Å². The van der Waals surface area contributed by atoms with Crippen LogP contribution >= 0.6 is 0 Å². The molecule has 4 heteroatoms. The molecule has 0 aliphatic carbocycles. The third-order valence-electron chi connectivity index (χ3n) is 5.45. The van der Waals surface area contributed by atoms with Crippen LogP contribution in [0, 0.1) is 0 Å². The molecule has 1 atom stereocenters. The highest BCUT2D eigenvalue weighted by atomic mass is 16.2. The zero-order valence-electron chi connectivity index (χ0n) is 18.5. The summed E-state index contributed by atoms with van der Waals surface area (Å²) < 4.78 is 0. The maximum Gasteiger partial charge on any atom is 0.244 e. The fraction of sp³-hybridized carbons (Fsp3) is 0.103. The van der Waals surface area contributed by atoms with Gasteiger partial charge in [-0.3, -0.25) is 9.59 Å². The van der Waals surface area contributed by atoms with E-state index in [-0.39, 0.29) is 17.9 Å². The van der Waals surface area contributed by atoms with Crippen LogP contribution in [-0.2, 0) is 9.59 Å². The van der Waals surface area contributed by atoms with Crippen LogP contribution in [0.25, 0.3) is 33.7 Å². The Morgan fingerprint density at radius 1 is 0.697 bits per heavy atom. The van der Waals surface area contributed by atoms with Gasteiger partial charge in [0.25, 0.3) is 0 Å². The second-order valence-corrected chi connectivity index (χ2v) is 7.96. The molecule has 4 aromatic carbocycles. The summed E-state index contributed by atoms with van der Waals surface area (Å²) in [5.74, 6) is -0.397. The van der Waals surface area contributed by atoms with Crippen LogP contribution in [-0.4, -0.2) is 24.4 Å². The van der Waals surface area contributed by atoms with Crippen molar-refractivity contribution in [2.75, 3.05) is 6.54 Å². The van der Waals surface area contributed by atoms with Crippen molar-refractivity contribution in [3.8, 4) is 0 Å². The number of rotatable bonds is 7. The standard InChI is InChI=1S/C29H26N2O2/c1-21(31-29(33)19-17-25-13-7-11-23-9-3-5-15-27(23)25)20-30-28(32)18-16-24-12-6-10-22-8-2-4-14-26(22)24/h2-19,21H,20H2,1H3,(H,30,32)(H,31,33)/b18-16+,19-17+/t21-/m1/s1. The van der Waals surface area contributed by atoms with Crippen LogP contribution in [0.1, 0.15) is 18.1 Å². The lowest BCUT2D eigenvalue weighted by Gasteiger charge is -2.12. The van der Waals surface area contributed by atoms with Gasteiger partial charge in [0.15, 0.2) is 0 Å². The molecular formula is C29H26N2O2. The lowest BCUT2D eigenvalue weighted by Crippen LogP contribution is -2.40. The first-order valence-corrected chi connectivity index (χ1v) is 11.0. The molecule has 0 radical (unpaired) electrons. The van der Waals surface area contributed by atoms with E-state index in [0.29, 0.717) is 6.54 Å². The summed E-state index contributed by atoms with van der Waals surface area (Å²) in [6, 6.07) is 27.9. The van der Waals surface area contributed by atoms with Crippen LogP contribution in [0.4, 0.5) is 0 Å². The number of carbonyl (C=O) groups is 2. The van der Waals surface area contributed by atoms with Crippen LogP contribution in [0.3, 0.4) is 0 Å². The summed E-state index contributed by atoms with van der Waals surface area (Å²) in [6.45, 7) is 2.20. The normalized spacial score (nSPS) is 12.4. The summed E-state index contributed by atoms with van der Waals surface area (Å²) in [6.07, 6.45) is 6.68. The number of benzene rings is 4. The number of hydrogen-bond donors (Lipinski definition) is 2. The van der Waals surface area contributed by atoms with E-state index in [4.69, 9.17) is 0 Å². The van der Waals surface area contributed by atoms with Crippen LogP contribution in [0.15, 0.2) is 97.1 Å². The first kappa shape index (κ1) is 22.0. The molecule has 33 heavy (non-hydrogen) atoms. The van der Waals surface area contributed by atoms with Crippen LogP contribution < -0.4 is 10.6 Å². The third kappa shape index (κ3) is 5.74. The molecule has 0 heterocycles. The Hall–Kier alpha value is -4.18. The largest absolute Gasteiger partial charge is 0.351 e. The van der Waals surface area contributed by atoms with Gasteiger partial charge in [-0.05, 0) is 51.7 Å². The Labute approximate surface area is 193 Å². The van der Waals surface area contributed by atoms with Crippen molar-refractivity contribution in [1.29, 1.82) is 0 Å². The van der Waals surface area contributed by atoms with Gasteiger partial charge in [0.1, 0.15) is 0 Å². The topological polar surface area (TPSA) is 58.2 Å². The molecule has 0 aromatic heterocycles. The lowest BCUT2D eigenvalue weighted by molar-refractivity contribution is -0.118. The molecule has 0 unspecified atom stereocenters. The minimum absolute atomic E-state index is 0.198. The van der Waals surface area contributed by atoms with E-state index < -0.39 is 0 Å². The van der Waals surface area contributed by atoms with Gasteiger partial charge in [0.2, 0.25) is 11.8 Å². The van der Waals surface area contributed by atoms with Crippen molar-refractivity contribution in [2.45, 2.75) is 13.0 Å². The van der Waals surface area contributed by atoms with E-state index in [1.165, 1.54) is 12.2 Å². The van der Waals surface area contributed by atoms with Crippen LogP contribution in [0.5, 0.6) is 0 Å². The van der Waals surface area contributed by atoms with Crippen molar-refractivity contribution in [1.82, 2.24) is 10.6 Å². The van der Waals surface area contributed by atoms with Gasteiger partial charge in [-0.15, -0.1) is 0 Å². The van der Waals surface area contributed by atoms with E-state index in [1.807, 2.05) is 104 Å². The smallest absolute Gasteiger partial charge is 0.244 e. The van der Waals surface area contributed by atoms with Gasteiger partial charge in [-0.1, -0.05) is 84.9 Å². The van der Waals surface area contributed by atoms with Crippen molar-refractivity contribution in [2.24, 2.45) is 0 Å². The first-order chi connectivity index (χ1) is 16.1. The molecule has 0 fully saturated rings. The fourth-order valence-electron chi connectivity index (χ4n) is 3.78. The summed E-state index contributed by atoms with van der Waals surface area (Å²) >= 11 is 0. The maximum absolute atomic E-state index is 12.3. The molecule has 0 aliphatic heterocycles. The average molecular weight is 435 g/mol. The average Bonchev–Trinajstić information content (AvgIpc) is 2.85. The van der Waals surface area contributed by atoms with E-state index in [1.54, 1.807) is 0 Å². The molecular weight excluding hydrogens is 408 g/mol. The van der Waals surface area contributed by atoms with E-state index in [0.717, 1.165) is 32.7 Å². The number of carbonyl (C=O) groups excluding carboxylic acids is 2. The molecule has 0 bridgehead atoms. The van der Waals surface area contributed by atoms with Crippen molar-refractivity contribution < 1.29 is 9.59 Å². The second-order valence-electron chi connectivity index (χ2n) is 7.96. The molecule has 164 valence electrons. The zero-order chi connectivity index (χ0) is 23.0. The van der Waals surface area contributed by atoms with Crippen molar-refractivity contribution in [3.63, 3.8) is 0 Å². The zero-order valence-corrected chi connectivity index (χ0v) is 18.5. The highest BCUT2D eigenvalue weighted by molar-refractivity contribution is 5.98. The number of fused-ring (bicyclic) bond motifs is 2. The van der Waals surface area contributed by atoms with Crippen molar-refractivity contribution >= 4 is 45.5 Å². The predicted molar refractivity (Wildman–Crippen MR) is 137 cm³/mol. The number of hydrogen-bond acceptors (Lipinski definition) is 2. The maximum atomic E-state index is 12.3. The summed E-state index contributed by atoms with van der Waals surface area (Å²) in [5, 5.41) is 10.2. The van der Waals surface area contributed by atoms with E-state index >= 15 is 0 Å². The quantitative estimate of drug-likeness (QED) is 0.386. The highest BCUT2D eigenvalue weighted by Gasteiger charge is 2.06. The molecule has 4 aromatic rings. The van der Waals surface area contributed by atoms with Gasteiger partial charge in [0, 0.05) is 24.7 Å². The molecule has 2 N–H and O–H groups in total. The molecule has 0 saturated heterocycles. The van der Waals surface area contributed by atoms with E-state index in [2.05, 4.69) is 10.6 Å². The van der Waals surface area contributed by atoms with Crippen LogP contribution in [0.2, 0.25) is 0 Å². The predicted octanol–water partition coefficient (Wildman–Crippen LogP) is 5.34. The van der Waals surface area contributed by atoms with Gasteiger partial charge in [0.05, 0.1) is 0 Å². The Kier molecular flexibility index (Phi) is 6.96. The Morgan fingerprint density at radius 2 is 1.18 bits per heavy atom. The highest BCUT2D eigenvalue weighted by Crippen LogP contribution is 2.20. The molecule has 0 saturated carbocycles. The van der Waals surface area contributed by atoms with Gasteiger partial charge in [-0.25, -0.2) is 0 Å². The molecule has 0 aliphatic rings. The minimum atomic E-state index is -0.204. The first-order valence-electron chi connectivity index (χ1n) is 11.0. The molecule has 4 rings (SSSR count). The second kappa shape index (κ2) is 10.4. The number of amides is 2. The summed E-state index contributed by atoms with van der Waals surface area (Å²) in [5.41, 5.74) is 1.98. The lowest BCUT2D eigenvalue weighted by atomic mass is 10.0. The monoisotopic (exact) mass is 434 g/mol. The Morgan fingerprint density at radius 3 is 1.76 bits per heavy atom. The Balaban J connectivity index is 1.29. The van der Waals surface area contributed by atoms with Crippen molar-refractivity contribution in [3.05, 3.63) is 108 Å². The van der Waals surface area contributed by atoms with Gasteiger partial charge in [-0.2, -0.15) is 0 Å². The Bertz CT molecular complexity index is 1340. The SMILES string of the molecule is C[C@H](CNC(=O)/C=C/c1cccc2ccccc12)NC(=O)/C=C/c1cccc2ccccc12. The van der Waals surface area contributed by atoms with Gasteiger partial charge >= 0.3 is 0 Å². The fourth-order valence-corrected chi connectivity index (χ4v) is 3.78. The molecule has 4 nitrogen and oxygen atoms in total. The third-order valence-corrected chi connectivity index (χ3v) is 5.45. The van der Waals surface area contributed by atoms with Gasteiger partial charge < -0.3 is 10.6 Å². The summed E-state index contributed by atoms with van der Waals surface area (Å²) in [4.78, 5) is 24.6. The number of nitrogens with one attached hydrogen (secondary N) is 2. The molecule has 2 amide bonds. The molecule has 0 spiro atoms.